The molecule has 0 saturated heterocycles. The highest BCUT2D eigenvalue weighted by atomic mass is 79.9. The minimum atomic E-state index is 0.254. The first-order valence-corrected chi connectivity index (χ1v) is 7.63. The number of thiocarbonyl (C=S) groups is 1. The Hall–Kier alpha value is -1.47. The van der Waals surface area contributed by atoms with Crippen LogP contribution in [0.5, 0.6) is 0 Å². The second-order valence-corrected chi connectivity index (χ2v) is 6.04. The van der Waals surface area contributed by atoms with Crippen LogP contribution in [0.4, 0.5) is 5.82 Å². The van der Waals surface area contributed by atoms with Crippen molar-refractivity contribution in [2.75, 3.05) is 11.9 Å². The third-order valence-corrected chi connectivity index (χ3v) is 3.92. The van der Waals surface area contributed by atoms with E-state index in [1.165, 1.54) is 0 Å². The summed E-state index contributed by atoms with van der Waals surface area (Å²) in [6.45, 7) is 0.914. The van der Waals surface area contributed by atoms with Gasteiger partial charge in [-0.2, -0.15) is 9.78 Å². The third kappa shape index (κ3) is 2.43. The van der Waals surface area contributed by atoms with Crippen LogP contribution in [0.15, 0.2) is 22.9 Å². The van der Waals surface area contributed by atoms with Crippen LogP contribution in [0.1, 0.15) is 18.4 Å². The number of nitrogens with one attached hydrogen (secondary N) is 1. The average Bonchev–Trinajstić information content (AvgIpc) is 2.61. The minimum Gasteiger partial charge on any atom is -0.374 e. The molecule has 0 fully saturated rings. The fraction of sp³-hybridized carbons (Fsp3) is 0.308. The summed E-state index contributed by atoms with van der Waals surface area (Å²) in [7, 11) is 0. The number of hydrogen-bond donors (Lipinski definition) is 2. The van der Waals surface area contributed by atoms with Gasteiger partial charge in [-0.15, -0.1) is 0 Å². The topological polar surface area (TPSA) is 68.8 Å². The zero-order valence-electron chi connectivity index (χ0n) is 10.8. The standard InChI is InChI=1S/C13H14BrN5S/c14-9-5-8(6-16-7-9)11-10-3-1-2-4-17-12(10)19(18-11)13(15)20/h5-7,17H,1-4H2,(H2,15,20). The van der Waals surface area contributed by atoms with Gasteiger partial charge in [-0.05, 0) is 53.5 Å². The van der Waals surface area contributed by atoms with Gasteiger partial charge in [0, 0.05) is 34.5 Å². The summed E-state index contributed by atoms with van der Waals surface area (Å²) in [5.41, 5.74) is 8.81. The lowest BCUT2D eigenvalue weighted by molar-refractivity contribution is 0.782. The van der Waals surface area contributed by atoms with Crippen molar-refractivity contribution in [1.29, 1.82) is 0 Å². The molecule has 2 aromatic rings. The van der Waals surface area contributed by atoms with Crippen molar-refractivity contribution in [2.45, 2.75) is 19.3 Å². The molecule has 3 rings (SSSR count). The van der Waals surface area contributed by atoms with Crippen LogP contribution >= 0.6 is 28.1 Å². The lowest BCUT2D eigenvalue weighted by Gasteiger charge is -2.06. The molecule has 0 atom stereocenters. The Morgan fingerprint density at radius 1 is 1.40 bits per heavy atom. The van der Waals surface area contributed by atoms with Crippen LogP contribution in [-0.4, -0.2) is 26.4 Å². The number of aromatic nitrogens is 3. The smallest absolute Gasteiger partial charge is 0.193 e. The van der Waals surface area contributed by atoms with Crippen molar-refractivity contribution in [2.24, 2.45) is 5.73 Å². The lowest BCUT2D eigenvalue weighted by Crippen LogP contribution is -2.22. The molecule has 0 bridgehead atoms. The van der Waals surface area contributed by atoms with Crippen molar-refractivity contribution in [3.8, 4) is 11.3 Å². The van der Waals surface area contributed by atoms with Gasteiger partial charge in [0.25, 0.3) is 0 Å². The van der Waals surface area contributed by atoms with Gasteiger partial charge in [0.05, 0.1) is 5.69 Å². The molecule has 1 aliphatic rings. The van der Waals surface area contributed by atoms with Crippen LogP contribution in [0.2, 0.25) is 0 Å². The Morgan fingerprint density at radius 3 is 3.00 bits per heavy atom. The van der Waals surface area contributed by atoms with Crippen molar-refractivity contribution in [3.05, 3.63) is 28.5 Å². The number of hydrogen-bond acceptors (Lipinski definition) is 4. The van der Waals surface area contributed by atoms with Gasteiger partial charge < -0.3 is 11.1 Å². The summed E-state index contributed by atoms with van der Waals surface area (Å²) in [5, 5.41) is 8.21. The summed E-state index contributed by atoms with van der Waals surface area (Å²) in [6, 6.07) is 2.00. The molecule has 7 heteroatoms. The van der Waals surface area contributed by atoms with Gasteiger partial charge in [-0.25, -0.2) is 0 Å². The van der Waals surface area contributed by atoms with Crippen LogP contribution in [0.3, 0.4) is 0 Å². The first-order valence-electron chi connectivity index (χ1n) is 6.43. The van der Waals surface area contributed by atoms with Crippen molar-refractivity contribution in [3.63, 3.8) is 0 Å². The van der Waals surface area contributed by atoms with Gasteiger partial charge in [-0.1, -0.05) is 0 Å². The van der Waals surface area contributed by atoms with Crippen LogP contribution in [0, 0.1) is 0 Å². The molecule has 5 nitrogen and oxygen atoms in total. The summed E-state index contributed by atoms with van der Waals surface area (Å²) in [6.07, 6.45) is 6.78. The first kappa shape index (κ1) is 13.5. The Bertz CT molecular complexity index is 667. The average molecular weight is 352 g/mol. The van der Waals surface area contributed by atoms with Gasteiger partial charge in [0.15, 0.2) is 5.11 Å². The molecule has 104 valence electrons. The van der Waals surface area contributed by atoms with Crippen LogP contribution in [0.25, 0.3) is 11.3 Å². The maximum atomic E-state index is 5.78. The molecule has 0 aliphatic carbocycles. The summed E-state index contributed by atoms with van der Waals surface area (Å²) < 4.78 is 2.54. The number of fused-ring (bicyclic) bond motifs is 1. The predicted octanol–water partition coefficient (Wildman–Crippen LogP) is 2.55. The molecule has 0 unspecified atom stereocenters. The highest BCUT2D eigenvalue weighted by Crippen LogP contribution is 2.32. The maximum absolute atomic E-state index is 5.78. The van der Waals surface area contributed by atoms with E-state index in [4.69, 9.17) is 18.0 Å². The van der Waals surface area contributed by atoms with E-state index >= 15 is 0 Å². The monoisotopic (exact) mass is 351 g/mol. The Morgan fingerprint density at radius 2 is 2.25 bits per heavy atom. The normalized spacial score (nSPS) is 14.2. The summed E-state index contributed by atoms with van der Waals surface area (Å²) >= 11 is 8.54. The molecule has 3 heterocycles. The van der Waals surface area contributed by atoms with E-state index in [0.29, 0.717) is 0 Å². The van der Waals surface area contributed by atoms with E-state index < -0.39 is 0 Å². The van der Waals surface area contributed by atoms with E-state index in [1.807, 2.05) is 12.3 Å². The lowest BCUT2D eigenvalue weighted by atomic mass is 10.1. The number of pyridine rings is 1. The molecule has 2 aromatic heterocycles. The molecular weight excluding hydrogens is 338 g/mol. The van der Waals surface area contributed by atoms with Gasteiger partial charge in [-0.3, -0.25) is 4.98 Å². The molecule has 0 spiro atoms. The van der Waals surface area contributed by atoms with Gasteiger partial charge in [0.2, 0.25) is 0 Å². The highest BCUT2D eigenvalue weighted by Gasteiger charge is 2.22. The van der Waals surface area contributed by atoms with Crippen LogP contribution in [-0.2, 0) is 6.42 Å². The molecule has 0 radical (unpaired) electrons. The first-order chi connectivity index (χ1) is 9.66. The zero-order valence-corrected chi connectivity index (χ0v) is 13.2. The Balaban J connectivity index is 2.18. The highest BCUT2D eigenvalue weighted by molar-refractivity contribution is 9.10. The van der Waals surface area contributed by atoms with E-state index in [-0.39, 0.29) is 5.11 Å². The largest absolute Gasteiger partial charge is 0.374 e. The number of halogens is 1. The Labute approximate surface area is 130 Å². The van der Waals surface area contributed by atoms with Gasteiger partial charge in [0.1, 0.15) is 5.82 Å². The van der Waals surface area contributed by atoms with Gasteiger partial charge >= 0.3 is 0 Å². The fourth-order valence-corrected chi connectivity index (χ4v) is 2.93. The zero-order chi connectivity index (χ0) is 14.1. The van der Waals surface area contributed by atoms with Crippen LogP contribution < -0.4 is 11.1 Å². The molecule has 0 saturated carbocycles. The number of rotatable bonds is 1. The van der Waals surface area contributed by atoms with E-state index in [0.717, 1.165) is 52.9 Å². The maximum Gasteiger partial charge on any atom is 0.193 e. The van der Waals surface area contributed by atoms with E-state index in [1.54, 1.807) is 10.9 Å². The quantitative estimate of drug-likeness (QED) is 0.772. The number of nitrogens with two attached hydrogens (primary N) is 1. The SMILES string of the molecule is NC(=S)n1nc(-c2cncc(Br)c2)c2c1NCCCC2. The number of anilines is 1. The molecule has 0 amide bonds. The fourth-order valence-electron chi connectivity index (χ4n) is 2.44. The molecular formula is C13H14BrN5S. The van der Waals surface area contributed by atoms with E-state index in [2.05, 4.69) is 31.3 Å². The van der Waals surface area contributed by atoms with Crippen molar-refractivity contribution < 1.29 is 0 Å². The molecule has 0 aromatic carbocycles. The Kier molecular flexibility index (Phi) is 3.71. The molecule has 3 N–H and O–H groups in total. The van der Waals surface area contributed by atoms with Crippen molar-refractivity contribution in [1.82, 2.24) is 14.8 Å². The second-order valence-electron chi connectivity index (χ2n) is 4.70. The summed E-state index contributed by atoms with van der Waals surface area (Å²) in [5.74, 6) is 0.921. The molecule has 20 heavy (non-hydrogen) atoms. The second kappa shape index (κ2) is 5.49. The minimum absolute atomic E-state index is 0.254. The third-order valence-electron chi connectivity index (χ3n) is 3.32. The van der Waals surface area contributed by atoms with Crippen molar-refractivity contribution >= 4 is 39.1 Å². The molecule has 1 aliphatic heterocycles. The van der Waals surface area contributed by atoms with E-state index in [9.17, 15) is 0 Å². The summed E-state index contributed by atoms with van der Waals surface area (Å²) in [4.78, 5) is 4.21. The predicted molar refractivity (Wildman–Crippen MR) is 86.8 cm³/mol. The number of nitrogens with zero attached hydrogens (tertiary/aromatic N) is 3.